The Bertz CT molecular complexity index is 501. The van der Waals surface area contributed by atoms with E-state index in [-0.39, 0.29) is 11.8 Å². The Morgan fingerprint density at radius 1 is 1.42 bits per heavy atom. The van der Waals surface area contributed by atoms with E-state index in [1.54, 1.807) is 7.11 Å². The molecule has 1 aromatic carbocycles. The molecule has 19 heavy (non-hydrogen) atoms. The molecule has 2 aliphatic heterocycles. The molecule has 3 atom stereocenters. The average molecular weight is 260 g/mol. The van der Waals surface area contributed by atoms with Crippen LogP contribution in [0.25, 0.3) is 0 Å². The number of anilines is 1. The van der Waals surface area contributed by atoms with Crippen molar-refractivity contribution in [3.05, 3.63) is 23.8 Å². The predicted octanol–water partition coefficient (Wildman–Crippen LogP) is 2.08. The van der Waals surface area contributed by atoms with Gasteiger partial charge in [0.2, 0.25) is 5.91 Å². The van der Waals surface area contributed by atoms with E-state index in [0.29, 0.717) is 12.1 Å². The van der Waals surface area contributed by atoms with Crippen molar-refractivity contribution in [1.82, 2.24) is 5.32 Å². The van der Waals surface area contributed by atoms with Crippen LogP contribution in [-0.4, -0.2) is 25.1 Å². The second kappa shape index (κ2) is 4.85. The zero-order valence-electron chi connectivity index (χ0n) is 11.4. The molecule has 2 aliphatic rings. The molecule has 2 heterocycles. The van der Waals surface area contributed by atoms with Gasteiger partial charge in [0.1, 0.15) is 5.75 Å². The van der Waals surface area contributed by atoms with Crippen LogP contribution < -0.4 is 15.4 Å². The Morgan fingerprint density at radius 2 is 2.26 bits per heavy atom. The van der Waals surface area contributed by atoms with Crippen LogP contribution in [0.4, 0.5) is 5.69 Å². The van der Waals surface area contributed by atoms with Crippen LogP contribution in [0.15, 0.2) is 18.2 Å². The van der Waals surface area contributed by atoms with Crippen molar-refractivity contribution in [2.24, 2.45) is 5.92 Å². The fourth-order valence-electron chi connectivity index (χ4n) is 3.24. The van der Waals surface area contributed by atoms with Crippen molar-refractivity contribution in [2.75, 3.05) is 12.4 Å². The lowest BCUT2D eigenvalue weighted by Gasteiger charge is -2.20. The first kappa shape index (κ1) is 12.5. The number of ether oxygens (including phenoxy) is 1. The van der Waals surface area contributed by atoms with Gasteiger partial charge in [-0.2, -0.15) is 0 Å². The number of methoxy groups -OCH3 is 1. The predicted molar refractivity (Wildman–Crippen MR) is 74.4 cm³/mol. The molecule has 0 spiro atoms. The Balaban J connectivity index is 1.69. The van der Waals surface area contributed by atoms with Crippen molar-refractivity contribution in [3.63, 3.8) is 0 Å². The highest BCUT2D eigenvalue weighted by molar-refractivity contribution is 5.94. The standard InChI is InChI=1S/C15H20N2O2/c1-9-7-11(19-2)4-6-13(9)17-15(18)12-8-10-3-5-14(12)16-10/h4,6-7,10,12,14,16H,3,5,8H2,1-2H3,(H,17,18). The molecule has 0 radical (unpaired) electrons. The molecule has 2 saturated heterocycles. The molecule has 102 valence electrons. The molecule has 0 aromatic heterocycles. The molecule has 2 bridgehead atoms. The largest absolute Gasteiger partial charge is 0.497 e. The van der Waals surface area contributed by atoms with Gasteiger partial charge in [0.15, 0.2) is 0 Å². The van der Waals surface area contributed by atoms with Crippen LogP contribution in [0, 0.1) is 12.8 Å². The summed E-state index contributed by atoms with van der Waals surface area (Å²) in [5.74, 6) is 1.09. The van der Waals surface area contributed by atoms with Gasteiger partial charge in [-0.3, -0.25) is 4.79 Å². The van der Waals surface area contributed by atoms with E-state index in [1.165, 1.54) is 6.42 Å². The molecule has 1 amide bonds. The number of amides is 1. The van der Waals surface area contributed by atoms with E-state index >= 15 is 0 Å². The van der Waals surface area contributed by atoms with Gasteiger partial charge in [-0.1, -0.05) is 0 Å². The minimum atomic E-state index is 0.125. The molecule has 1 aromatic rings. The number of aryl methyl sites for hydroxylation is 1. The fourth-order valence-corrected chi connectivity index (χ4v) is 3.24. The van der Waals surface area contributed by atoms with Crippen LogP contribution in [0.2, 0.25) is 0 Å². The minimum Gasteiger partial charge on any atom is -0.497 e. The first-order valence-electron chi connectivity index (χ1n) is 6.89. The second-order valence-corrected chi connectivity index (χ2v) is 5.56. The summed E-state index contributed by atoms with van der Waals surface area (Å²) >= 11 is 0. The highest BCUT2D eigenvalue weighted by atomic mass is 16.5. The SMILES string of the molecule is COc1ccc(NC(=O)C2CC3CCC2N3)c(C)c1. The van der Waals surface area contributed by atoms with Gasteiger partial charge >= 0.3 is 0 Å². The molecule has 0 saturated carbocycles. The van der Waals surface area contributed by atoms with E-state index in [4.69, 9.17) is 4.74 Å². The van der Waals surface area contributed by atoms with Crippen LogP contribution in [0.1, 0.15) is 24.8 Å². The number of nitrogens with one attached hydrogen (secondary N) is 2. The van der Waals surface area contributed by atoms with Gasteiger partial charge in [-0.05, 0) is 49.9 Å². The maximum atomic E-state index is 12.3. The van der Waals surface area contributed by atoms with Crippen molar-refractivity contribution in [2.45, 2.75) is 38.3 Å². The van der Waals surface area contributed by atoms with Crippen molar-refractivity contribution < 1.29 is 9.53 Å². The summed E-state index contributed by atoms with van der Waals surface area (Å²) in [6.45, 7) is 1.98. The number of hydrogen-bond acceptors (Lipinski definition) is 3. The molecule has 3 unspecified atom stereocenters. The zero-order chi connectivity index (χ0) is 13.4. The Kier molecular flexibility index (Phi) is 3.19. The monoisotopic (exact) mass is 260 g/mol. The van der Waals surface area contributed by atoms with E-state index in [1.807, 2.05) is 25.1 Å². The Morgan fingerprint density at radius 3 is 2.84 bits per heavy atom. The molecular formula is C15H20N2O2. The maximum Gasteiger partial charge on any atom is 0.229 e. The van der Waals surface area contributed by atoms with Crippen LogP contribution in [-0.2, 0) is 4.79 Å². The molecular weight excluding hydrogens is 240 g/mol. The highest BCUT2D eigenvalue weighted by Crippen LogP contribution is 2.34. The van der Waals surface area contributed by atoms with E-state index in [0.717, 1.165) is 29.8 Å². The number of benzene rings is 1. The van der Waals surface area contributed by atoms with E-state index in [2.05, 4.69) is 10.6 Å². The third-order valence-electron chi connectivity index (χ3n) is 4.33. The van der Waals surface area contributed by atoms with Crippen molar-refractivity contribution in [3.8, 4) is 5.75 Å². The molecule has 0 aliphatic carbocycles. The molecule has 3 rings (SSSR count). The Labute approximate surface area is 113 Å². The van der Waals surface area contributed by atoms with Crippen molar-refractivity contribution in [1.29, 1.82) is 0 Å². The highest BCUT2D eigenvalue weighted by Gasteiger charge is 2.42. The van der Waals surface area contributed by atoms with Crippen molar-refractivity contribution >= 4 is 11.6 Å². The summed E-state index contributed by atoms with van der Waals surface area (Å²) in [4.78, 5) is 12.3. The summed E-state index contributed by atoms with van der Waals surface area (Å²) in [7, 11) is 1.65. The zero-order valence-corrected chi connectivity index (χ0v) is 11.4. The van der Waals surface area contributed by atoms with Crippen LogP contribution in [0.5, 0.6) is 5.75 Å². The summed E-state index contributed by atoms with van der Waals surface area (Å²) in [5, 5.41) is 6.55. The first-order valence-corrected chi connectivity index (χ1v) is 6.89. The molecule has 2 N–H and O–H groups in total. The second-order valence-electron chi connectivity index (χ2n) is 5.56. The van der Waals surface area contributed by atoms with Gasteiger partial charge in [-0.15, -0.1) is 0 Å². The first-order chi connectivity index (χ1) is 9.17. The lowest BCUT2D eigenvalue weighted by molar-refractivity contribution is -0.120. The Hall–Kier alpha value is -1.55. The van der Waals surface area contributed by atoms with Crippen LogP contribution in [0.3, 0.4) is 0 Å². The minimum absolute atomic E-state index is 0.125. The molecule has 4 heteroatoms. The average Bonchev–Trinajstić information content (AvgIpc) is 3.03. The van der Waals surface area contributed by atoms with Crippen LogP contribution >= 0.6 is 0 Å². The molecule has 2 fully saturated rings. The quantitative estimate of drug-likeness (QED) is 0.875. The molecule has 4 nitrogen and oxygen atoms in total. The topological polar surface area (TPSA) is 50.4 Å². The lowest BCUT2D eigenvalue weighted by atomic mass is 9.88. The maximum absolute atomic E-state index is 12.3. The fraction of sp³-hybridized carbons (Fsp3) is 0.533. The number of carbonyl (C=O) groups excluding carboxylic acids is 1. The van der Waals surface area contributed by atoms with Gasteiger partial charge in [0.05, 0.1) is 13.0 Å². The van der Waals surface area contributed by atoms with E-state index in [9.17, 15) is 4.79 Å². The van der Waals surface area contributed by atoms with Gasteiger partial charge < -0.3 is 15.4 Å². The normalized spacial score (nSPS) is 28.4. The third-order valence-corrected chi connectivity index (χ3v) is 4.33. The summed E-state index contributed by atoms with van der Waals surface area (Å²) in [6.07, 6.45) is 3.33. The lowest BCUT2D eigenvalue weighted by Crippen LogP contribution is -2.33. The number of carbonyl (C=O) groups is 1. The third kappa shape index (κ3) is 2.32. The summed E-state index contributed by atoms with van der Waals surface area (Å²) < 4.78 is 5.17. The number of hydrogen-bond donors (Lipinski definition) is 2. The summed E-state index contributed by atoms with van der Waals surface area (Å²) in [6, 6.07) is 6.66. The number of fused-ring (bicyclic) bond motifs is 2. The van der Waals surface area contributed by atoms with Gasteiger partial charge in [0, 0.05) is 17.8 Å². The van der Waals surface area contributed by atoms with Gasteiger partial charge in [0.25, 0.3) is 0 Å². The smallest absolute Gasteiger partial charge is 0.229 e. The number of rotatable bonds is 3. The van der Waals surface area contributed by atoms with Gasteiger partial charge in [-0.25, -0.2) is 0 Å². The van der Waals surface area contributed by atoms with E-state index < -0.39 is 0 Å². The summed E-state index contributed by atoms with van der Waals surface area (Å²) in [5.41, 5.74) is 1.91.